The Morgan fingerprint density at radius 2 is 1.52 bits per heavy atom. The van der Waals surface area contributed by atoms with Crippen LogP contribution >= 0.6 is 0 Å². The summed E-state index contributed by atoms with van der Waals surface area (Å²) < 4.78 is 33.1. The Kier molecular flexibility index (Phi) is 5.59. The number of hydrogen-bond donors (Lipinski definition) is 0. The highest BCUT2D eigenvalue weighted by Gasteiger charge is 2.34. The summed E-state index contributed by atoms with van der Waals surface area (Å²) in [5.74, 6) is -0.0677. The molecular weight excluding hydrogens is 294 g/mol. The van der Waals surface area contributed by atoms with E-state index in [0.29, 0.717) is 39.3 Å². The zero-order chi connectivity index (χ0) is 15.5. The third-order valence-corrected chi connectivity index (χ3v) is 5.88. The van der Waals surface area contributed by atoms with Crippen LogP contribution in [0.3, 0.4) is 0 Å². The van der Waals surface area contributed by atoms with Crippen molar-refractivity contribution in [2.75, 3.05) is 45.9 Å². The van der Waals surface area contributed by atoms with Crippen LogP contribution in [0.5, 0.6) is 0 Å². The maximum atomic E-state index is 12.4. The van der Waals surface area contributed by atoms with Crippen LogP contribution in [0.25, 0.3) is 0 Å². The average Bonchev–Trinajstić information content (AvgIpc) is 2.99. The van der Waals surface area contributed by atoms with Crippen LogP contribution in [0.4, 0.5) is 0 Å². The lowest BCUT2D eigenvalue weighted by molar-refractivity contribution is -0.138. The second-order valence-electron chi connectivity index (χ2n) is 5.75. The van der Waals surface area contributed by atoms with E-state index >= 15 is 0 Å². The van der Waals surface area contributed by atoms with E-state index in [1.165, 1.54) is 4.31 Å². The van der Waals surface area contributed by atoms with Gasteiger partial charge in [-0.2, -0.15) is 17.0 Å². The van der Waals surface area contributed by atoms with Crippen molar-refractivity contribution >= 4 is 16.1 Å². The standard InChI is InChI=1S/C13H25N3O4S/c1-12(2)20-11-13(17)14-7-9-16(10-8-14)21(18,19)15-5-3-4-6-15/h12H,3-11H2,1-2H3. The quantitative estimate of drug-likeness (QED) is 0.709. The molecule has 1 amide bonds. The van der Waals surface area contributed by atoms with Crippen LogP contribution in [0, 0.1) is 0 Å². The second-order valence-corrected chi connectivity index (χ2v) is 7.68. The average molecular weight is 319 g/mol. The molecule has 21 heavy (non-hydrogen) atoms. The summed E-state index contributed by atoms with van der Waals surface area (Å²) >= 11 is 0. The minimum atomic E-state index is -3.34. The molecular formula is C13H25N3O4S. The van der Waals surface area contributed by atoms with Crippen LogP contribution in [0.15, 0.2) is 0 Å². The summed E-state index contributed by atoms with van der Waals surface area (Å²) in [4.78, 5) is 13.6. The minimum absolute atomic E-state index is 0.0192. The van der Waals surface area contributed by atoms with Crippen molar-refractivity contribution in [3.8, 4) is 0 Å². The Labute approximate surface area is 127 Å². The molecule has 0 atom stereocenters. The topological polar surface area (TPSA) is 70.2 Å². The van der Waals surface area contributed by atoms with E-state index in [1.54, 1.807) is 9.21 Å². The number of carbonyl (C=O) groups excluding carboxylic acids is 1. The molecule has 0 N–H and O–H groups in total. The summed E-state index contributed by atoms with van der Waals surface area (Å²) in [6.07, 6.45) is 1.89. The number of rotatable bonds is 5. The zero-order valence-electron chi connectivity index (χ0n) is 12.8. The molecule has 2 heterocycles. The molecule has 122 valence electrons. The van der Waals surface area contributed by atoms with Gasteiger partial charge in [0.25, 0.3) is 10.2 Å². The Hall–Kier alpha value is -0.700. The molecule has 0 radical (unpaired) electrons. The molecule has 2 aliphatic heterocycles. The normalized spacial score (nSPS) is 22.1. The molecule has 0 aromatic carbocycles. The van der Waals surface area contributed by atoms with Gasteiger partial charge in [-0.25, -0.2) is 0 Å². The summed E-state index contributed by atoms with van der Waals surface area (Å²) in [5.41, 5.74) is 0. The van der Waals surface area contributed by atoms with E-state index < -0.39 is 10.2 Å². The molecule has 2 fully saturated rings. The van der Waals surface area contributed by atoms with E-state index in [2.05, 4.69) is 0 Å². The molecule has 2 saturated heterocycles. The lowest BCUT2D eigenvalue weighted by Crippen LogP contribution is -2.54. The highest BCUT2D eigenvalue weighted by molar-refractivity contribution is 7.86. The lowest BCUT2D eigenvalue weighted by atomic mass is 10.3. The third kappa shape index (κ3) is 4.15. The van der Waals surface area contributed by atoms with Crippen LogP contribution in [-0.4, -0.2) is 79.8 Å². The van der Waals surface area contributed by atoms with Gasteiger partial charge in [-0.05, 0) is 26.7 Å². The number of carbonyl (C=O) groups is 1. The van der Waals surface area contributed by atoms with Crippen molar-refractivity contribution in [3.63, 3.8) is 0 Å². The Morgan fingerprint density at radius 1 is 1.00 bits per heavy atom. The molecule has 0 spiro atoms. The highest BCUT2D eigenvalue weighted by Crippen LogP contribution is 2.18. The van der Waals surface area contributed by atoms with Gasteiger partial charge in [0.05, 0.1) is 6.10 Å². The predicted octanol–water partition coefficient (Wildman–Crippen LogP) is -0.104. The van der Waals surface area contributed by atoms with Gasteiger partial charge in [-0.1, -0.05) is 0 Å². The molecule has 0 aromatic rings. The van der Waals surface area contributed by atoms with E-state index in [-0.39, 0.29) is 18.6 Å². The van der Waals surface area contributed by atoms with E-state index in [9.17, 15) is 13.2 Å². The third-order valence-electron chi connectivity index (χ3n) is 3.85. The lowest BCUT2D eigenvalue weighted by Gasteiger charge is -2.35. The Balaban J connectivity index is 1.84. The first-order chi connectivity index (χ1) is 9.91. The number of amides is 1. The fourth-order valence-corrected chi connectivity index (χ4v) is 4.25. The maximum Gasteiger partial charge on any atom is 0.282 e. The first kappa shape index (κ1) is 16.7. The smallest absolute Gasteiger partial charge is 0.282 e. The SMILES string of the molecule is CC(C)OCC(=O)N1CCN(S(=O)(=O)N2CCCC2)CC1. The Bertz CT molecular complexity index is 452. The van der Waals surface area contributed by atoms with E-state index in [4.69, 9.17) is 4.74 Å². The van der Waals surface area contributed by atoms with Gasteiger partial charge in [-0.3, -0.25) is 4.79 Å². The van der Waals surface area contributed by atoms with Gasteiger partial charge < -0.3 is 9.64 Å². The second kappa shape index (κ2) is 7.04. The van der Waals surface area contributed by atoms with Crippen molar-refractivity contribution in [3.05, 3.63) is 0 Å². The fraction of sp³-hybridized carbons (Fsp3) is 0.923. The zero-order valence-corrected chi connectivity index (χ0v) is 13.6. The van der Waals surface area contributed by atoms with Crippen LogP contribution in [0.1, 0.15) is 26.7 Å². The summed E-state index contributed by atoms with van der Waals surface area (Å²) in [6.45, 7) is 6.67. The molecule has 2 aliphatic rings. The summed E-state index contributed by atoms with van der Waals surface area (Å²) in [6, 6.07) is 0. The molecule has 8 heteroatoms. The van der Waals surface area contributed by atoms with Crippen LogP contribution in [-0.2, 0) is 19.7 Å². The van der Waals surface area contributed by atoms with Gasteiger partial charge >= 0.3 is 0 Å². The summed E-state index contributed by atoms with van der Waals surface area (Å²) in [5, 5.41) is 0. The Morgan fingerprint density at radius 3 is 2.05 bits per heavy atom. The number of ether oxygens (including phenoxy) is 1. The number of hydrogen-bond acceptors (Lipinski definition) is 4. The van der Waals surface area contributed by atoms with Gasteiger partial charge in [0.2, 0.25) is 5.91 Å². The highest BCUT2D eigenvalue weighted by atomic mass is 32.2. The van der Waals surface area contributed by atoms with Gasteiger partial charge in [0.1, 0.15) is 6.61 Å². The van der Waals surface area contributed by atoms with Gasteiger partial charge in [0.15, 0.2) is 0 Å². The monoisotopic (exact) mass is 319 g/mol. The van der Waals surface area contributed by atoms with Crippen molar-refractivity contribution in [1.29, 1.82) is 0 Å². The number of nitrogens with zero attached hydrogens (tertiary/aromatic N) is 3. The van der Waals surface area contributed by atoms with Crippen molar-refractivity contribution < 1.29 is 17.9 Å². The fourth-order valence-electron chi connectivity index (χ4n) is 2.58. The molecule has 2 rings (SSSR count). The molecule has 0 aromatic heterocycles. The van der Waals surface area contributed by atoms with Crippen molar-refractivity contribution in [2.24, 2.45) is 0 Å². The first-order valence-electron chi connectivity index (χ1n) is 7.56. The van der Waals surface area contributed by atoms with E-state index in [1.807, 2.05) is 13.8 Å². The van der Waals surface area contributed by atoms with E-state index in [0.717, 1.165) is 12.8 Å². The van der Waals surface area contributed by atoms with Crippen LogP contribution < -0.4 is 0 Å². The largest absolute Gasteiger partial charge is 0.369 e. The van der Waals surface area contributed by atoms with Crippen molar-refractivity contribution in [2.45, 2.75) is 32.8 Å². The number of piperazine rings is 1. The first-order valence-corrected chi connectivity index (χ1v) is 8.95. The summed E-state index contributed by atoms with van der Waals surface area (Å²) in [7, 11) is -3.34. The molecule has 0 aliphatic carbocycles. The molecule has 0 unspecified atom stereocenters. The molecule has 0 bridgehead atoms. The van der Waals surface area contributed by atoms with Crippen molar-refractivity contribution in [1.82, 2.24) is 13.5 Å². The molecule has 0 saturated carbocycles. The maximum absolute atomic E-state index is 12.4. The van der Waals surface area contributed by atoms with Gasteiger partial charge in [0, 0.05) is 39.3 Å². The van der Waals surface area contributed by atoms with Gasteiger partial charge in [-0.15, -0.1) is 0 Å². The minimum Gasteiger partial charge on any atom is -0.369 e. The molecule has 7 nitrogen and oxygen atoms in total. The predicted molar refractivity (Wildman–Crippen MR) is 79.0 cm³/mol. The van der Waals surface area contributed by atoms with Crippen LogP contribution in [0.2, 0.25) is 0 Å².